The third-order valence-electron chi connectivity index (χ3n) is 2.29. The number of halogens is 3. The number of pyridine rings is 1. The van der Waals surface area contributed by atoms with Gasteiger partial charge in [-0.1, -0.05) is 4.49 Å². The van der Waals surface area contributed by atoms with E-state index in [1.165, 1.54) is 5.38 Å². The third-order valence-corrected chi connectivity index (χ3v) is 2.80. The molecule has 0 unspecified atom stereocenters. The number of nitrogens with zero attached hydrogens (tertiary/aromatic N) is 3. The van der Waals surface area contributed by atoms with Crippen molar-refractivity contribution in [2.75, 3.05) is 13.2 Å². The van der Waals surface area contributed by atoms with Crippen molar-refractivity contribution in [1.29, 1.82) is 0 Å². The first-order valence-electron chi connectivity index (χ1n) is 5.68. The topological polar surface area (TPSA) is 77.0 Å². The Morgan fingerprint density at radius 3 is 2.76 bits per heavy atom. The maximum atomic E-state index is 12.3. The number of hydrogen-bond donors (Lipinski definition) is 1. The minimum Gasteiger partial charge on any atom is -0.476 e. The van der Waals surface area contributed by atoms with E-state index in [1.807, 2.05) is 0 Å². The highest BCUT2D eigenvalue weighted by molar-refractivity contribution is 7.03. The summed E-state index contributed by atoms with van der Waals surface area (Å²) in [6, 6.07) is 2.00. The van der Waals surface area contributed by atoms with E-state index in [4.69, 9.17) is 4.74 Å². The summed E-state index contributed by atoms with van der Waals surface area (Å²) in [6.07, 6.45) is -3.74. The van der Waals surface area contributed by atoms with Crippen LogP contribution < -0.4 is 10.1 Å². The van der Waals surface area contributed by atoms with E-state index in [0.29, 0.717) is 6.20 Å². The van der Waals surface area contributed by atoms with Crippen LogP contribution in [0.15, 0.2) is 23.7 Å². The average Bonchev–Trinajstić information content (AvgIpc) is 2.97. The quantitative estimate of drug-likeness (QED) is 0.850. The molecule has 1 N–H and O–H groups in total. The molecule has 0 saturated heterocycles. The molecule has 0 fully saturated rings. The molecule has 2 aromatic rings. The largest absolute Gasteiger partial charge is 0.476 e. The van der Waals surface area contributed by atoms with Gasteiger partial charge in [0.05, 0.1) is 12.1 Å². The molecule has 2 aromatic heterocycles. The van der Waals surface area contributed by atoms with Gasteiger partial charge in [0, 0.05) is 17.6 Å². The summed E-state index contributed by atoms with van der Waals surface area (Å²) in [7, 11) is 0. The van der Waals surface area contributed by atoms with Crippen LogP contribution in [0.1, 0.15) is 16.1 Å². The summed E-state index contributed by atoms with van der Waals surface area (Å²) >= 11 is 1.05. The molecule has 0 aliphatic heterocycles. The predicted octanol–water partition coefficient (Wildman–Crippen LogP) is 1.76. The minimum atomic E-state index is -4.43. The molecule has 0 aliphatic rings. The minimum absolute atomic E-state index is 0.0487. The third kappa shape index (κ3) is 4.38. The van der Waals surface area contributed by atoms with Crippen LogP contribution in [0.2, 0.25) is 0 Å². The lowest BCUT2D eigenvalue weighted by Crippen LogP contribution is -2.28. The van der Waals surface area contributed by atoms with Gasteiger partial charge in [0.2, 0.25) is 5.88 Å². The van der Waals surface area contributed by atoms with Gasteiger partial charge in [0.1, 0.15) is 6.61 Å². The first kappa shape index (κ1) is 15.2. The molecule has 21 heavy (non-hydrogen) atoms. The van der Waals surface area contributed by atoms with E-state index >= 15 is 0 Å². The number of aromatic nitrogens is 3. The Morgan fingerprint density at radius 1 is 1.38 bits per heavy atom. The van der Waals surface area contributed by atoms with Crippen molar-refractivity contribution >= 4 is 17.4 Å². The smallest absolute Gasteiger partial charge is 0.417 e. The number of amides is 1. The highest BCUT2D eigenvalue weighted by Crippen LogP contribution is 2.29. The van der Waals surface area contributed by atoms with Crippen LogP contribution in [0.3, 0.4) is 0 Å². The second-order valence-electron chi connectivity index (χ2n) is 3.78. The van der Waals surface area contributed by atoms with Gasteiger partial charge in [-0.05, 0) is 17.6 Å². The zero-order valence-corrected chi connectivity index (χ0v) is 11.2. The van der Waals surface area contributed by atoms with Crippen LogP contribution in [0, 0.1) is 0 Å². The van der Waals surface area contributed by atoms with E-state index in [9.17, 15) is 18.0 Å². The van der Waals surface area contributed by atoms with Gasteiger partial charge in [-0.15, -0.1) is 5.10 Å². The standard InChI is InChI=1S/C11H9F3N4O2S/c12-11(13,14)7-1-2-9(16-5-7)20-4-3-15-10(19)8-6-21-18-17-8/h1-2,5-6H,3-4H2,(H,15,19). The van der Waals surface area contributed by atoms with Crippen molar-refractivity contribution < 1.29 is 22.7 Å². The molecule has 2 rings (SSSR count). The Kier molecular flexibility index (Phi) is 4.68. The molecule has 0 radical (unpaired) electrons. The van der Waals surface area contributed by atoms with Crippen molar-refractivity contribution in [2.45, 2.75) is 6.18 Å². The van der Waals surface area contributed by atoms with Gasteiger partial charge in [-0.2, -0.15) is 13.2 Å². The first-order valence-corrected chi connectivity index (χ1v) is 6.52. The van der Waals surface area contributed by atoms with Crippen molar-refractivity contribution in [3.8, 4) is 5.88 Å². The fraction of sp³-hybridized carbons (Fsp3) is 0.273. The molecule has 2 heterocycles. The number of rotatable bonds is 5. The fourth-order valence-electron chi connectivity index (χ4n) is 1.31. The number of ether oxygens (including phenoxy) is 1. The van der Waals surface area contributed by atoms with Crippen LogP contribution in [0.25, 0.3) is 0 Å². The second-order valence-corrected chi connectivity index (χ2v) is 4.39. The summed E-state index contributed by atoms with van der Waals surface area (Å²) in [5, 5.41) is 7.60. The highest BCUT2D eigenvalue weighted by atomic mass is 32.1. The second kappa shape index (κ2) is 6.48. The van der Waals surface area contributed by atoms with E-state index in [0.717, 1.165) is 23.7 Å². The normalized spacial score (nSPS) is 11.2. The average molecular weight is 318 g/mol. The van der Waals surface area contributed by atoms with Crippen LogP contribution in [-0.2, 0) is 6.18 Å². The van der Waals surface area contributed by atoms with Crippen molar-refractivity contribution in [1.82, 2.24) is 19.9 Å². The Hall–Kier alpha value is -2.23. The van der Waals surface area contributed by atoms with Gasteiger partial charge in [-0.25, -0.2) is 4.98 Å². The highest BCUT2D eigenvalue weighted by Gasteiger charge is 2.30. The molecule has 0 aromatic carbocycles. The van der Waals surface area contributed by atoms with Gasteiger partial charge >= 0.3 is 6.18 Å². The molecule has 10 heteroatoms. The number of carbonyl (C=O) groups excluding carboxylic acids is 1. The maximum absolute atomic E-state index is 12.3. The molecule has 0 aliphatic carbocycles. The number of carbonyl (C=O) groups is 1. The zero-order chi connectivity index (χ0) is 15.3. The summed E-state index contributed by atoms with van der Waals surface area (Å²) < 4.78 is 45.6. The SMILES string of the molecule is O=C(NCCOc1ccc(C(F)(F)F)cn1)c1csnn1. The first-order chi connectivity index (χ1) is 9.97. The summed E-state index contributed by atoms with van der Waals surface area (Å²) in [5.41, 5.74) is -0.646. The molecule has 6 nitrogen and oxygen atoms in total. The number of hydrogen-bond acceptors (Lipinski definition) is 6. The van der Waals surface area contributed by atoms with Crippen LogP contribution in [-0.4, -0.2) is 33.6 Å². The lowest BCUT2D eigenvalue weighted by Gasteiger charge is -2.08. The molecular formula is C11H9F3N4O2S. The van der Waals surface area contributed by atoms with E-state index in [-0.39, 0.29) is 24.7 Å². The number of alkyl halides is 3. The summed E-state index contributed by atoms with van der Waals surface area (Å²) in [4.78, 5) is 15.0. The van der Waals surface area contributed by atoms with Crippen molar-refractivity contribution in [2.24, 2.45) is 0 Å². The Morgan fingerprint density at radius 2 is 2.19 bits per heavy atom. The van der Waals surface area contributed by atoms with Gasteiger partial charge in [0.15, 0.2) is 5.69 Å². The molecule has 0 atom stereocenters. The Bertz CT molecular complexity index is 587. The Balaban J connectivity index is 1.75. The lowest BCUT2D eigenvalue weighted by molar-refractivity contribution is -0.137. The summed E-state index contributed by atoms with van der Waals surface area (Å²) in [5.74, 6) is -0.347. The van der Waals surface area contributed by atoms with Crippen LogP contribution >= 0.6 is 11.5 Å². The number of nitrogens with one attached hydrogen (secondary N) is 1. The molecule has 0 bridgehead atoms. The zero-order valence-electron chi connectivity index (χ0n) is 10.4. The monoisotopic (exact) mass is 318 g/mol. The fourth-order valence-corrected chi connectivity index (χ4v) is 1.74. The van der Waals surface area contributed by atoms with Gasteiger partial charge in [-0.3, -0.25) is 4.79 Å². The lowest BCUT2D eigenvalue weighted by atomic mass is 10.3. The van der Waals surface area contributed by atoms with Crippen molar-refractivity contribution in [3.63, 3.8) is 0 Å². The van der Waals surface area contributed by atoms with Gasteiger partial charge < -0.3 is 10.1 Å². The molecule has 0 saturated carbocycles. The molecule has 112 valence electrons. The summed E-state index contributed by atoms with van der Waals surface area (Å²) in [6.45, 7) is 0.237. The molecular weight excluding hydrogens is 309 g/mol. The maximum Gasteiger partial charge on any atom is 0.417 e. The van der Waals surface area contributed by atoms with E-state index in [1.54, 1.807) is 0 Å². The van der Waals surface area contributed by atoms with Crippen molar-refractivity contribution in [3.05, 3.63) is 35.0 Å². The van der Waals surface area contributed by atoms with Crippen LogP contribution in [0.5, 0.6) is 5.88 Å². The molecule has 0 spiro atoms. The molecule has 1 amide bonds. The Labute approximate surface area is 121 Å². The van der Waals surface area contributed by atoms with E-state index < -0.39 is 17.6 Å². The predicted molar refractivity (Wildman–Crippen MR) is 67.0 cm³/mol. The van der Waals surface area contributed by atoms with E-state index in [2.05, 4.69) is 19.9 Å². The van der Waals surface area contributed by atoms with Crippen LogP contribution in [0.4, 0.5) is 13.2 Å². The van der Waals surface area contributed by atoms with Gasteiger partial charge in [0.25, 0.3) is 5.91 Å².